The molecule has 2 rings (SSSR count). The van der Waals surface area contributed by atoms with Crippen molar-refractivity contribution >= 4 is 24.3 Å². The Morgan fingerprint density at radius 1 is 1.32 bits per heavy atom. The second kappa shape index (κ2) is 8.12. The number of imide groups is 1. The molecule has 3 amide bonds. The first kappa shape index (κ1) is 18.4. The van der Waals surface area contributed by atoms with Crippen LogP contribution in [0.25, 0.3) is 0 Å². The molecule has 1 unspecified atom stereocenters. The Bertz CT molecular complexity index is 512. The van der Waals surface area contributed by atoms with Crippen molar-refractivity contribution in [1.29, 1.82) is 0 Å². The molecule has 22 heavy (non-hydrogen) atoms. The molecule has 3 atom stereocenters. The maximum atomic E-state index is 11.9. The molecule has 0 aliphatic carbocycles. The number of nitrogens with one attached hydrogen (secondary N) is 1. The summed E-state index contributed by atoms with van der Waals surface area (Å²) in [7, 11) is 0. The first-order chi connectivity index (χ1) is 10.0. The molecule has 1 fully saturated rings. The van der Waals surface area contributed by atoms with Crippen molar-refractivity contribution < 1.29 is 9.59 Å². The number of nitrogens with two attached hydrogens (primary N) is 2. The number of amides is 3. The van der Waals surface area contributed by atoms with Gasteiger partial charge < -0.3 is 11.5 Å². The van der Waals surface area contributed by atoms with Gasteiger partial charge in [-0.3, -0.25) is 15.0 Å². The van der Waals surface area contributed by atoms with Crippen molar-refractivity contribution in [2.24, 2.45) is 17.4 Å². The van der Waals surface area contributed by atoms with Gasteiger partial charge >= 0.3 is 6.03 Å². The fourth-order valence-corrected chi connectivity index (χ4v) is 2.93. The molecule has 1 aliphatic heterocycles. The third-order valence-corrected chi connectivity index (χ3v) is 4.17. The second-order valence-corrected chi connectivity index (χ2v) is 5.50. The number of urea groups is 1. The van der Waals surface area contributed by atoms with Crippen molar-refractivity contribution in [3.05, 3.63) is 35.9 Å². The van der Waals surface area contributed by atoms with Crippen LogP contribution in [-0.4, -0.2) is 42.5 Å². The predicted octanol–water partition coefficient (Wildman–Crippen LogP) is 0.666. The lowest BCUT2D eigenvalue weighted by Crippen LogP contribution is -2.47. The minimum atomic E-state index is -0.818. The summed E-state index contributed by atoms with van der Waals surface area (Å²) in [4.78, 5) is 24.7. The Kier molecular flexibility index (Phi) is 6.80. The summed E-state index contributed by atoms with van der Waals surface area (Å²) in [6.07, 6.45) is 0. The standard InChI is InChI=1S/C15H22N4O2.ClH/c1-10(14(20)18-15(17)21)19-8-12(7-16)13(9-19)11-5-3-2-4-6-11;/h2-6,10,12-13H,7-9,16H2,1H3,(H3,17,18,20,21);1H/t10?,12-,13+;/m1./s1. The van der Waals surface area contributed by atoms with Gasteiger partial charge in [-0.1, -0.05) is 30.3 Å². The molecule has 5 N–H and O–H groups in total. The van der Waals surface area contributed by atoms with E-state index in [4.69, 9.17) is 11.5 Å². The maximum absolute atomic E-state index is 11.9. The van der Waals surface area contributed by atoms with Gasteiger partial charge in [-0.2, -0.15) is 0 Å². The molecule has 122 valence electrons. The van der Waals surface area contributed by atoms with E-state index in [2.05, 4.69) is 17.4 Å². The van der Waals surface area contributed by atoms with Crippen LogP contribution in [0.5, 0.6) is 0 Å². The largest absolute Gasteiger partial charge is 0.351 e. The minimum Gasteiger partial charge on any atom is -0.351 e. The van der Waals surface area contributed by atoms with Crippen molar-refractivity contribution in [2.75, 3.05) is 19.6 Å². The van der Waals surface area contributed by atoms with E-state index in [-0.39, 0.29) is 18.3 Å². The summed E-state index contributed by atoms with van der Waals surface area (Å²) in [6, 6.07) is 8.96. The van der Waals surface area contributed by atoms with Crippen molar-refractivity contribution in [1.82, 2.24) is 10.2 Å². The molecule has 1 heterocycles. The summed E-state index contributed by atoms with van der Waals surface area (Å²) in [5.41, 5.74) is 12.1. The molecule has 1 saturated heterocycles. The highest BCUT2D eigenvalue weighted by molar-refractivity contribution is 5.96. The Hall–Kier alpha value is -1.63. The number of hydrogen-bond donors (Lipinski definition) is 3. The molecular formula is C15H23ClN4O2. The quantitative estimate of drug-likeness (QED) is 0.756. The summed E-state index contributed by atoms with van der Waals surface area (Å²) >= 11 is 0. The monoisotopic (exact) mass is 326 g/mol. The third kappa shape index (κ3) is 4.19. The summed E-state index contributed by atoms with van der Waals surface area (Å²) < 4.78 is 0. The van der Waals surface area contributed by atoms with Crippen LogP contribution in [0.3, 0.4) is 0 Å². The van der Waals surface area contributed by atoms with E-state index in [0.717, 1.165) is 13.1 Å². The molecule has 0 aromatic heterocycles. The number of nitrogens with zero attached hydrogens (tertiary/aromatic N) is 1. The van der Waals surface area contributed by atoms with Gasteiger partial charge in [0.2, 0.25) is 5.91 Å². The second-order valence-electron chi connectivity index (χ2n) is 5.50. The molecule has 0 saturated carbocycles. The zero-order valence-electron chi connectivity index (χ0n) is 12.6. The molecule has 7 heteroatoms. The van der Waals surface area contributed by atoms with Crippen LogP contribution < -0.4 is 16.8 Å². The van der Waals surface area contributed by atoms with Crippen LogP contribution in [0.2, 0.25) is 0 Å². The third-order valence-electron chi connectivity index (χ3n) is 4.17. The Balaban J connectivity index is 0.00000242. The fourth-order valence-electron chi connectivity index (χ4n) is 2.93. The lowest BCUT2D eigenvalue weighted by molar-refractivity contribution is -0.124. The van der Waals surface area contributed by atoms with E-state index in [9.17, 15) is 9.59 Å². The zero-order chi connectivity index (χ0) is 15.4. The Morgan fingerprint density at radius 2 is 1.95 bits per heavy atom. The van der Waals surface area contributed by atoms with Gasteiger partial charge in [0.15, 0.2) is 0 Å². The van der Waals surface area contributed by atoms with E-state index in [1.807, 2.05) is 23.1 Å². The molecule has 0 spiro atoms. The van der Waals surface area contributed by atoms with Crippen LogP contribution in [0.4, 0.5) is 4.79 Å². The van der Waals surface area contributed by atoms with Gasteiger partial charge in [0.1, 0.15) is 0 Å². The van der Waals surface area contributed by atoms with Crippen LogP contribution in [-0.2, 0) is 4.79 Å². The fraction of sp³-hybridized carbons (Fsp3) is 0.467. The zero-order valence-corrected chi connectivity index (χ0v) is 13.4. The van der Waals surface area contributed by atoms with Gasteiger partial charge in [0, 0.05) is 19.0 Å². The van der Waals surface area contributed by atoms with Crippen LogP contribution in [0.15, 0.2) is 30.3 Å². The number of carbonyl (C=O) groups excluding carboxylic acids is 2. The minimum absolute atomic E-state index is 0. The first-order valence-electron chi connectivity index (χ1n) is 7.12. The van der Waals surface area contributed by atoms with Crippen LogP contribution in [0, 0.1) is 5.92 Å². The number of likely N-dealkylation sites (tertiary alicyclic amines) is 1. The summed E-state index contributed by atoms with van der Waals surface area (Å²) in [5, 5.41) is 2.13. The molecular weight excluding hydrogens is 304 g/mol. The predicted molar refractivity (Wildman–Crippen MR) is 87.7 cm³/mol. The molecule has 6 nitrogen and oxygen atoms in total. The molecule has 1 aliphatic rings. The van der Waals surface area contributed by atoms with Gasteiger partial charge in [0.05, 0.1) is 6.04 Å². The average Bonchev–Trinajstić information content (AvgIpc) is 2.90. The van der Waals surface area contributed by atoms with E-state index >= 15 is 0 Å². The Labute approximate surface area is 136 Å². The normalized spacial score (nSPS) is 22.6. The van der Waals surface area contributed by atoms with Crippen LogP contribution >= 0.6 is 12.4 Å². The van der Waals surface area contributed by atoms with Crippen LogP contribution in [0.1, 0.15) is 18.4 Å². The molecule has 0 radical (unpaired) electrons. The summed E-state index contributed by atoms with van der Waals surface area (Å²) in [5.74, 6) is 0.239. The highest BCUT2D eigenvalue weighted by Gasteiger charge is 2.36. The average molecular weight is 327 g/mol. The number of hydrogen-bond acceptors (Lipinski definition) is 4. The lowest BCUT2D eigenvalue weighted by atomic mass is 9.89. The Morgan fingerprint density at radius 3 is 2.50 bits per heavy atom. The number of benzene rings is 1. The SMILES string of the molecule is CC(C(=O)NC(N)=O)N1C[C@@H](CN)[C@H](c2ccccc2)C1.Cl. The number of halogens is 1. The van der Waals surface area contributed by atoms with E-state index in [1.165, 1.54) is 5.56 Å². The first-order valence-corrected chi connectivity index (χ1v) is 7.12. The maximum Gasteiger partial charge on any atom is 0.318 e. The molecule has 0 bridgehead atoms. The van der Waals surface area contributed by atoms with Gasteiger partial charge in [-0.05, 0) is 24.9 Å². The van der Waals surface area contributed by atoms with Gasteiger partial charge in [0.25, 0.3) is 0 Å². The number of carbonyl (C=O) groups is 2. The number of rotatable bonds is 4. The van der Waals surface area contributed by atoms with Crippen molar-refractivity contribution in [3.8, 4) is 0 Å². The van der Waals surface area contributed by atoms with E-state index in [1.54, 1.807) is 6.92 Å². The van der Waals surface area contributed by atoms with Crippen molar-refractivity contribution in [3.63, 3.8) is 0 Å². The topological polar surface area (TPSA) is 101 Å². The van der Waals surface area contributed by atoms with E-state index in [0.29, 0.717) is 18.4 Å². The highest BCUT2D eigenvalue weighted by Crippen LogP contribution is 2.32. The number of primary amides is 1. The summed E-state index contributed by atoms with van der Waals surface area (Å²) in [6.45, 7) is 3.84. The van der Waals surface area contributed by atoms with E-state index < -0.39 is 12.1 Å². The van der Waals surface area contributed by atoms with Gasteiger partial charge in [-0.15, -0.1) is 12.4 Å². The van der Waals surface area contributed by atoms with Crippen molar-refractivity contribution in [2.45, 2.75) is 18.9 Å². The van der Waals surface area contributed by atoms with Gasteiger partial charge in [-0.25, -0.2) is 4.79 Å². The highest BCUT2D eigenvalue weighted by atomic mass is 35.5. The molecule has 1 aromatic carbocycles. The smallest absolute Gasteiger partial charge is 0.318 e. The lowest BCUT2D eigenvalue weighted by Gasteiger charge is -2.22. The molecule has 1 aromatic rings.